The average Bonchev–Trinajstić information content (AvgIpc) is 3.35. The molecule has 5 rings (SSSR count). The molecule has 197 valence electrons. The molecule has 4 aromatic rings. The molecule has 0 aliphatic carbocycles. The van der Waals surface area contributed by atoms with Gasteiger partial charge in [-0.25, -0.2) is 4.98 Å². The van der Waals surface area contributed by atoms with E-state index in [4.69, 9.17) is 30.0 Å². The highest BCUT2D eigenvalue weighted by atomic mass is 35.5. The van der Waals surface area contributed by atoms with Gasteiger partial charge in [0.05, 0.1) is 19.4 Å². The molecule has 7 nitrogen and oxygen atoms in total. The van der Waals surface area contributed by atoms with Crippen molar-refractivity contribution in [3.63, 3.8) is 0 Å². The minimum Gasteiger partial charge on any atom is -0.441 e. The number of halogens is 1. The monoisotopic (exact) mass is 551 g/mol. The van der Waals surface area contributed by atoms with Crippen molar-refractivity contribution in [2.75, 3.05) is 18.5 Å². The number of hydrogen-bond donors (Lipinski definition) is 2. The van der Waals surface area contributed by atoms with Gasteiger partial charge in [0.15, 0.2) is 0 Å². The number of hydrogen-bond acceptors (Lipinski definition) is 6. The average molecular weight is 552 g/mol. The van der Waals surface area contributed by atoms with E-state index in [9.17, 15) is 9.69 Å². The summed E-state index contributed by atoms with van der Waals surface area (Å²) in [5.74, 6) is 1.20. The summed E-state index contributed by atoms with van der Waals surface area (Å²) >= 11 is 6.07. The summed E-state index contributed by atoms with van der Waals surface area (Å²) in [7, 11) is -2.83. The molecule has 2 heterocycles. The molecule has 1 aliphatic rings. The van der Waals surface area contributed by atoms with Crippen molar-refractivity contribution in [1.29, 1.82) is 0 Å². The number of carbonyl (C=O) groups excluding carboxylic acids is 1. The van der Waals surface area contributed by atoms with Crippen molar-refractivity contribution < 1.29 is 23.2 Å². The van der Waals surface area contributed by atoms with E-state index in [0.717, 1.165) is 34.6 Å². The van der Waals surface area contributed by atoms with Crippen molar-refractivity contribution >= 4 is 31.1 Å². The molecule has 1 aliphatic heterocycles. The van der Waals surface area contributed by atoms with Gasteiger partial charge < -0.3 is 23.7 Å². The lowest BCUT2D eigenvalue weighted by molar-refractivity contribution is -0.116. The molecule has 1 aromatic heterocycles. The number of nitrogens with zero attached hydrogens (tertiary/aromatic N) is 1. The molecule has 1 radical (unpaired) electrons. The summed E-state index contributed by atoms with van der Waals surface area (Å²) in [6, 6.07) is 24.6. The van der Waals surface area contributed by atoms with Crippen LogP contribution < -0.4 is 5.32 Å². The van der Waals surface area contributed by atoms with Crippen LogP contribution in [0.1, 0.15) is 30.6 Å². The minimum absolute atomic E-state index is 0.0846. The molecule has 0 bridgehead atoms. The van der Waals surface area contributed by atoms with Gasteiger partial charge in [-0.3, -0.25) is 4.79 Å². The number of carbonyl (C=O) groups is 1. The quantitative estimate of drug-likeness (QED) is 0.212. The van der Waals surface area contributed by atoms with Gasteiger partial charge in [0.1, 0.15) is 11.5 Å². The number of amides is 1. The third-order valence-corrected chi connectivity index (χ3v) is 8.33. The summed E-state index contributed by atoms with van der Waals surface area (Å²) in [6.45, 7) is 1.03. The van der Waals surface area contributed by atoms with Crippen LogP contribution in [-0.2, 0) is 26.4 Å². The van der Waals surface area contributed by atoms with Gasteiger partial charge in [0.2, 0.25) is 19.7 Å². The highest BCUT2D eigenvalue weighted by molar-refractivity contribution is 7.59. The van der Waals surface area contributed by atoms with Crippen LogP contribution in [0.2, 0.25) is 5.02 Å². The summed E-state index contributed by atoms with van der Waals surface area (Å²) in [5.41, 5.74) is 4.16. The van der Waals surface area contributed by atoms with Crippen LogP contribution in [0.4, 0.5) is 5.69 Å². The first-order valence-corrected chi connectivity index (χ1v) is 14.7. The summed E-state index contributed by atoms with van der Waals surface area (Å²) in [6.07, 6.45) is 2.61. The summed E-state index contributed by atoms with van der Waals surface area (Å²) in [4.78, 5) is 27.9. The SMILES string of the molecule is O=C(CCCc1oc(-c2ccccc2)nc1-c1ccc(Cl)cc1)Nc1ccc(C[P]2(O)OCCCO2)cc1. The smallest absolute Gasteiger partial charge is 0.235 e. The fourth-order valence-corrected chi connectivity index (χ4v) is 6.10. The first-order chi connectivity index (χ1) is 18.5. The van der Waals surface area contributed by atoms with Crippen LogP contribution in [-0.4, -0.2) is 29.0 Å². The highest BCUT2D eigenvalue weighted by Gasteiger charge is 2.30. The Hall–Kier alpha value is -3.06. The van der Waals surface area contributed by atoms with Crippen LogP contribution in [0, 0.1) is 0 Å². The Balaban J connectivity index is 1.19. The zero-order valence-electron chi connectivity index (χ0n) is 20.8. The van der Waals surface area contributed by atoms with Crippen molar-refractivity contribution in [1.82, 2.24) is 4.98 Å². The standard InChI is InChI=1S/C29H29ClN2O5P/c30-24-14-12-22(13-15-24)28-26(37-29(32-28)23-6-2-1-3-7-23)8-4-9-27(33)31-25-16-10-21(11-17-25)20-38(34)35-18-5-19-36-38/h1-3,6-7,10-17,34H,4-5,8-9,18-20H2,(H,31,33). The molecule has 0 atom stereocenters. The van der Waals surface area contributed by atoms with E-state index < -0.39 is 7.94 Å². The third kappa shape index (κ3) is 6.87. The van der Waals surface area contributed by atoms with Crippen molar-refractivity contribution in [3.8, 4) is 22.7 Å². The van der Waals surface area contributed by atoms with E-state index in [1.54, 1.807) is 0 Å². The predicted molar refractivity (Wildman–Crippen MR) is 150 cm³/mol. The van der Waals surface area contributed by atoms with E-state index in [-0.39, 0.29) is 5.91 Å². The second-order valence-electron chi connectivity index (χ2n) is 9.08. The normalized spacial score (nSPS) is 14.8. The largest absolute Gasteiger partial charge is 0.441 e. The van der Waals surface area contributed by atoms with Crippen LogP contribution in [0.15, 0.2) is 83.3 Å². The second kappa shape index (κ2) is 12.2. The summed E-state index contributed by atoms with van der Waals surface area (Å²) in [5, 5.41) is 3.59. The Bertz CT molecular complexity index is 1350. The zero-order chi connectivity index (χ0) is 26.4. The minimum atomic E-state index is -2.83. The van der Waals surface area contributed by atoms with E-state index in [2.05, 4.69) is 5.32 Å². The zero-order valence-corrected chi connectivity index (χ0v) is 22.5. The van der Waals surface area contributed by atoms with Gasteiger partial charge in [-0.05, 0) is 54.8 Å². The highest BCUT2D eigenvalue weighted by Crippen LogP contribution is 2.61. The van der Waals surface area contributed by atoms with Gasteiger partial charge >= 0.3 is 0 Å². The Labute approximate surface area is 227 Å². The Morgan fingerprint density at radius 1 is 0.947 bits per heavy atom. The number of rotatable bonds is 9. The molecule has 38 heavy (non-hydrogen) atoms. The van der Waals surface area contributed by atoms with Gasteiger partial charge in [-0.15, -0.1) is 0 Å². The fraction of sp³-hybridized carbons (Fsp3) is 0.241. The number of benzene rings is 3. The molecule has 0 spiro atoms. The van der Waals surface area contributed by atoms with Crippen LogP contribution in [0.3, 0.4) is 0 Å². The van der Waals surface area contributed by atoms with Crippen molar-refractivity contribution in [2.45, 2.75) is 31.8 Å². The van der Waals surface area contributed by atoms with Gasteiger partial charge in [-0.2, -0.15) is 0 Å². The van der Waals surface area contributed by atoms with Gasteiger partial charge in [0, 0.05) is 34.7 Å². The first-order valence-electron chi connectivity index (χ1n) is 12.6. The van der Waals surface area contributed by atoms with E-state index in [0.29, 0.717) is 55.2 Å². The van der Waals surface area contributed by atoms with Crippen LogP contribution in [0.25, 0.3) is 22.7 Å². The van der Waals surface area contributed by atoms with Gasteiger partial charge in [-0.1, -0.05) is 54.1 Å². The van der Waals surface area contributed by atoms with Crippen molar-refractivity contribution in [3.05, 3.63) is 95.2 Å². The Morgan fingerprint density at radius 3 is 2.37 bits per heavy atom. The molecule has 2 N–H and O–H groups in total. The van der Waals surface area contributed by atoms with E-state index >= 15 is 0 Å². The Kier molecular flexibility index (Phi) is 8.52. The molecular formula is C29H29ClN2O5P. The molecule has 0 unspecified atom stereocenters. The van der Waals surface area contributed by atoms with E-state index in [1.807, 2.05) is 78.9 Å². The number of aromatic nitrogens is 1. The number of oxazole rings is 1. The molecule has 1 fully saturated rings. The predicted octanol–water partition coefficient (Wildman–Crippen LogP) is 7.32. The maximum Gasteiger partial charge on any atom is 0.235 e. The number of aryl methyl sites for hydroxylation is 1. The van der Waals surface area contributed by atoms with E-state index in [1.165, 1.54) is 0 Å². The maximum absolute atomic E-state index is 12.6. The molecule has 1 amide bonds. The first kappa shape index (κ1) is 26.5. The van der Waals surface area contributed by atoms with Gasteiger partial charge in [0.25, 0.3) is 0 Å². The molecule has 0 saturated carbocycles. The summed E-state index contributed by atoms with van der Waals surface area (Å²) < 4.78 is 17.1. The lowest BCUT2D eigenvalue weighted by atomic mass is 10.1. The maximum atomic E-state index is 12.6. The lowest BCUT2D eigenvalue weighted by Gasteiger charge is -2.32. The number of nitrogens with one attached hydrogen (secondary N) is 1. The molecule has 3 aromatic carbocycles. The van der Waals surface area contributed by atoms with Crippen molar-refractivity contribution in [2.24, 2.45) is 0 Å². The van der Waals surface area contributed by atoms with Crippen LogP contribution in [0.5, 0.6) is 0 Å². The topological polar surface area (TPSA) is 93.8 Å². The lowest BCUT2D eigenvalue weighted by Crippen LogP contribution is -2.14. The molecular weight excluding hydrogens is 523 g/mol. The van der Waals surface area contributed by atoms with Crippen LogP contribution >= 0.6 is 19.5 Å². The Morgan fingerprint density at radius 2 is 1.66 bits per heavy atom. The fourth-order valence-electron chi connectivity index (χ4n) is 4.22. The molecule has 1 saturated heterocycles. The second-order valence-corrected chi connectivity index (χ2v) is 11.6. The molecule has 9 heteroatoms. The number of anilines is 1. The third-order valence-electron chi connectivity index (χ3n) is 6.14.